The maximum atomic E-state index is 12.3. The van der Waals surface area contributed by atoms with E-state index in [9.17, 15) is 9.59 Å². The van der Waals surface area contributed by atoms with Crippen molar-refractivity contribution in [3.63, 3.8) is 0 Å². The molecule has 5 heteroatoms. The van der Waals surface area contributed by atoms with Gasteiger partial charge in [0.1, 0.15) is 17.2 Å². The molecule has 128 valence electrons. The molecule has 0 bridgehead atoms. The summed E-state index contributed by atoms with van der Waals surface area (Å²) >= 11 is 0. The number of alkyl carbamates (subject to hydrolysis) is 1. The van der Waals surface area contributed by atoms with Gasteiger partial charge in [-0.25, -0.2) is 9.59 Å². The van der Waals surface area contributed by atoms with E-state index in [1.54, 1.807) is 34.6 Å². The Morgan fingerprint density at radius 1 is 1.05 bits per heavy atom. The number of ether oxygens (including phenoxy) is 2. The monoisotopic (exact) mass is 313 g/mol. The van der Waals surface area contributed by atoms with Crippen molar-refractivity contribution >= 4 is 12.1 Å². The summed E-state index contributed by atoms with van der Waals surface area (Å²) in [7, 11) is 0. The normalized spacial score (nSPS) is 19.4. The van der Waals surface area contributed by atoms with E-state index in [-0.39, 0.29) is 6.10 Å². The molecule has 0 aliphatic heterocycles. The summed E-state index contributed by atoms with van der Waals surface area (Å²) in [6.45, 7) is 13.1. The zero-order valence-corrected chi connectivity index (χ0v) is 15.0. The minimum Gasteiger partial charge on any atom is -0.461 e. The lowest BCUT2D eigenvalue weighted by Crippen LogP contribution is -2.52. The van der Waals surface area contributed by atoms with E-state index in [0.29, 0.717) is 5.41 Å². The van der Waals surface area contributed by atoms with Crippen molar-refractivity contribution in [1.82, 2.24) is 5.32 Å². The van der Waals surface area contributed by atoms with Gasteiger partial charge in [0.15, 0.2) is 0 Å². The van der Waals surface area contributed by atoms with Crippen LogP contribution in [0.5, 0.6) is 0 Å². The lowest BCUT2D eigenvalue weighted by Gasteiger charge is -2.35. The number of nitrogens with one attached hydrogen (secondary N) is 1. The van der Waals surface area contributed by atoms with Crippen molar-refractivity contribution in [2.24, 2.45) is 5.41 Å². The maximum absolute atomic E-state index is 12.3. The summed E-state index contributed by atoms with van der Waals surface area (Å²) in [5.41, 5.74) is -1.37. The van der Waals surface area contributed by atoms with E-state index < -0.39 is 23.2 Å². The molecule has 1 N–H and O–H groups in total. The molecule has 0 atom stereocenters. The number of hydrogen-bond acceptors (Lipinski definition) is 4. The second-order valence-electron chi connectivity index (χ2n) is 8.52. The Labute approximate surface area is 134 Å². The molecule has 0 aromatic carbocycles. The number of amides is 1. The van der Waals surface area contributed by atoms with Crippen LogP contribution in [-0.2, 0) is 14.3 Å². The fourth-order valence-corrected chi connectivity index (χ4v) is 2.40. The van der Waals surface area contributed by atoms with Gasteiger partial charge in [-0.15, -0.1) is 0 Å². The van der Waals surface area contributed by atoms with Crippen LogP contribution in [0.15, 0.2) is 0 Å². The topological polar surface area (TPSA) is 64.6 Å². The molecule has 1 fully saturated rings. The molecular weight excluding hydrogens is 282 g/mol. The highest BCUT2D eigenvalue weighted by atomic mass is 16.6. The third-order valence-electron chi connectivity index (χ3n) is 3.88. The molecule has 22 heavy (non-hydrogen) atoms. The molecule has 1 aliphatic carbocycles. The quantitative estimate of drug-likeness (QED) is 0.805. The Hall–Kier alpha value is -1.26. The summed E-state index contributed by atoms with van der Waals surface area (Å²) in [6.07, 6.45) is 3.18. The van der Waals surface area contributed by atoms with E-state index in [4.69, 9.17) is 9.47 Å². The Bertz CT molecular complexity index is 411. The van der Waals surface area contributed by atoms with Gasteiger partial charge in [-0.2, -0.15) is 0 Å². The third kappa shape index (κ3) is 6.24. The lowest BCUT2D eigenvalue weighted by molar-refractivity contribution is -0.158. The zero-order valence-electron chi connectivity index (χ0n) is 15.0. The highest BCUT2D eigenvalue weighted by Gasteiger charge is 2.36. The molecule has 0 heterocycles. The SMILES string of the molecule is CC1(C)CCC(OC(=O)C(C)(C)NC(=O)OC(C)(C)C)CC1. The molecule has 1 saturated carbocycles. The fraction of sp³-hybridized carbons (Fsp3) is 0.882. The minimum atomic E-state index is -1.10. The fourth-order valence-electron chi connectivity index (χ4n) is 2.40. The Balaban J connectivity index is 2.51. The number of carbonyl (C=O) groups is 2. The maximum Gasteiger partial charge on any atom is 0.408 e. The van der Waals surface area contributed by atoms with Gasteiger partial charge in [-0.1, -0.05) is 13.8 Å². The van der Waals surface area contributed by atoms with Crippen LogP contribution in [0.2, 0.25) is 0 Å². The minimum absolute atomic E-state index is 0.0553. The van der Waals surface area contributed by atoms with Crippen LogP contribution in [0.4, 0.5) is 4.79 Å². The predicted octanol–water partition coefficient (Wildman–Crippen LogP) is 3.80. The Kier molecular flexibility index (Phi) is 5.52. The first-order chi connectivity index (χ1) is 9.81. The van der Waals surface area contributed by atoms with Gasteiger partial charge in [-0.3, -0.25) is 0 Å². The lowest BCUT2D eigenvalue weighted by atomic mass is 9.76. The van der Waals surface area contributed by atoms with Gasteiger partial charge in [0.2, 0.25) is 0 Å². The number of carbonyl (C=O) groups excluding carboxylic acids is 2. The van der Waals surface area contributed by atoms with Crippen LogP contribution < -0.4 is 5.32 Å². The Morgan fingerprint density at radius 3 is 2.00 bits per heavy atom. The van der Waals surface area contributed by atoms with Gasteiger partial charge in [0, 0.05) is 0 Å². The number of rotatable bonds is 3. The van der Waals surface area contributed by atoms with Crippen LogP contribution in [0.1, 0.15) is 74.1 Å². The molecule has 1 rings (SSSR count). The molecule has 0 radical (unpaired) electrons. The third-order valence-corrected chi connectivity index (χ3v) is 3.88. The Morgan fingerprint density at radius 2 is 1.55 bits per heavy atom. The van der Waals surface area contributed by atoms with Gasteiger partial charge in [-0.05, 0) is 65.7 Å². The molecule has 0 aromatic heterocycles. The second kappa shape index (κ2) is 6.47. The molecule has 0 unspecified atom stereocenters. The summed E-state index contributed by atoms with van der Waals surface area (Å²) in [6, 6.07) is 0. The van der Waals surface area contributed by atoms with Crippen molar-refractivity contribution in [3.05, 3.63) is 0 Å². The van der Waals surface area contributed by atoms with E-state index in [1.807, 2.05) is 0 Å². The molecule has 1 amide bonds. The second-order valence-corrected chi connectivity index (χ2v) is 8.52. The number of esters is 1. The van der Waals surface area contributed by atoms with E-state index >= 15 is 0 Å². The van der Waals surface area contributed by atoms with Crippen molar-refractivity contribution in [2.45, 2.75) is 91.4 Å². The molecule has 5 nitrogen and oxygen atoms in total. The van der Waals surface area contributed by atoms with Gasteiger partial charge >= 0.3 is 12.1 Å². The van der Waals surface area contributed by atoms with Crippen LogP contribution in [-0.4, -0.2) is 29.3 Å². The largest absolute Gasteiger partial charge is 0.461 e. The van der Waals surface area contributed by atoms with Crippen molar-refractivity contribution in [3.8, 4) is 0 Å². The van der Waals surface area contributed by atoms with Crippen molar-refractivity contribution in [2.75, 3.05) is 0 Å². The highest BCUT2D eigenvalue weighted by Crippen LogP contribution is 2.36. The summed E-state index contributed by atoms with van der Waals surface area (Å²) in [4.78, 5) is 24.1. The molecule has 0 saturated heterocycles. The van der Waals surface area contributed by atoms with E-state index in [1.165, 1.54) is 0 Å². The summed E-state index contributed by atoms with van der Waals surface area (Å²) in [5, 5.41) is 2.58. The zero-order chi connectivity index (χ0) is 17.2. The molecule has 0 spiro atoms. The molecule has 1 aliphatic rings. The first-order valence-electron chi connectivity index (χ1n) is 8.03. The van der Waals surface area contributed by atoms with Gasteiger partial charge in [0.25, 0.3) is 0 Å². The van der Waals surface area contributed by atoms with Crippen LogP contribution in [0.25, 0.3) is 0 Å². The van der Waals surface area contributed by atoms with Crippen LogP contribution in [0, 0.1) is 5.41 Å². The van der Waals surface area contributed by atoms with Crippen molar-refractivity contribution < 1.29 is 19.1 Å². The van der Waals surface area contributed by atoms with Crippen LogP contribution >= 0.6 is 0 Å². The molecular formula is C17H31NO4. The summed E-state index contributed by atoms with van der Waals surface area (Å²) in [5.74, 6) is -0.414. The van der Waals surface area contributed by atoms with Gasteiger partial charge < -0.3 is 14.8 Å². The van der Waals surface area contributed by atoms with Crippen LogP contribution in [0.3, 0.4) is 0 Å². The highest BCUT2D eigenvalue weighted by molar-refractivity contribution is 5.85. The molecule has 0 aromatic rings. The predicted molar refractivity (Wildman–Crippen MR) is 85.6 cm³/mol. The van der Waals surface area contributed by atoms with E-state index in [0.717, 1.165) is 25.7 Å². The standard InChI is InChI=1S/C17H31NO4/c1-15(2,3)22-14(20)18-17(6,7)13(19)21-12-8-10-16(4,5)11-9-12/h12H,8-11H2,1-7H3,(H,18,20). The first kappa shape index (κ1) is 18.8. The van der Waals surface area contributed by atoms with Gasteiger partial charge in [0.05, 0.1) is 0 Å². The van der Waals surface area contributed by atoms with Crippen molar-refractivity contribution in [1.29, 1.82) is 0 Å². The summed E-state index contributed by atoms with van der Waals surface area (Å²) < 4.78 is 10.8. The average molecular weight is 313 g/mol. The number of hydrogen-bond donors (Lipinski definition) is 1. The first-order valence-corrected chi connectivity index (χ1v) is 8.03. The van der Waals surface area contributed by atoms with E-state index in [2.05, 4.69) is 19.2 Å². The average Bonchev–Trinajstić information content (AvgIpc) is 2.28. The smallest absolute Gasteiger partial charge is 0.408 e.